The normalized spacial score (nSPS) is 16.1. The van der Waals surface area contributed by atoms with E-state index in [1.165, 1.54) is 30.8 Å². The van der Waals surface area contributed by atoms with Crippen LogP contribution in [0.1, 0.15) is 26.2 Å². The molecule has 0 saturated heterocycles. The van der Waals surface area contributed by atoms with E-state index >= 15 is 0 Å². The second-order valence-corrected chi connectivity index (χ2v) is 5.21. The van der Waals surface area contributed by atoms with Gasteiger partial charge in [-0.25, -0.2) is 0 Å². The van der Waals surface area contributed by atoms with Gasteiger partial charge in [-0.1, -0.05) is 6.92 Å². The summed E-state index contributed by atoms with van der Waals surface area (Å²) in [5.41, 5.74) is 0. The fourth-order valence-electron chi connectivity index (χ4n) is 1.25. The lowest BCUT2D eigenvalue weighted by atomic mass is 10.4. The topological polar surface area (TPSA) is 21.3 Å². The van der Waals surface area contributed by atoms with Crippen LogP contribution in [-0.4, -0.2) is 37.8 Å². The highest BCUT2D eigenvalue weighted by atomic mass is 32.2. The molecule has 0 heterocycles. The Balaban J connectivity index is 1.63. The van der Waals surface area contributed by atoms with Gasteiger partial charge in [0, 0.05) is 13.2 Å². The van der Waals surface area contributed by atoms with Crippen LogP contribution in [0.15, 0.2) is 0 Å². The highest BCUT2D eigenvalue weighted by molar-refractivity contribution is 7.99. The fourth-order valence-corrected chi connectivity index (χ4v) is 1.88. The van der Waals surface area contributed by atoms with E-state index < -0.39 is 0 Å². The number of rotatable bonds is 10. The zero-order valence-electron chi connectivity index (χ0n) is 9.26. The molecule has 0 spiro atoms. The van der Waals surface area contributed by atoms with Gasteiger partial charge in [0.1, 0.15) is 0 Å². The maximum absolute atomic E-state index is 5.52. The van der Waals surface area contributed by atoms with Crippen LogP contribution in [0.25, 0.3) is 0 Å². The van der Waals surface area contributed by atoms with Gasteiger partial charge in [-0.15, -0.1) is 0 Å². The maximum atomic E-state index is 5.52. The van der Waals surface area contributed by atoms with E-state index in [2.05, 4.69) is 12.2 Å². The molecule has 0 aromatic carbocycles. The van der Waals surface area contributed by atoms with Crippen molar-refractivity contribution in [3.63, 3.8) is 0 Å². The van der Waals surface area contributed by atoms with Crippen LogP contribution in [0.4, 0.5) is 0 Å². The predicted molar refractivity (Wildman–Crippen MR) is 64.0 cm³/mol. The summed E-state index contributed by atoms with van der Waals surface area (Å²) in [6.45, 7) is 6.25. The molecular weight excluding hydrogens is 194 g/mol. The van der Waals surface area contributed by atoms with Crippen molar-refractivity contribution in [2.75, 3.05) is 37.8 Å². The van der Waals surface area contributed by atoms with Gasteiger partial charge in [0.2, 0.25) is 0 Å². The van der Waals surface area contributed by atoms with Crippen LogP contribution in [0.3, 0.4) is 0 Å². The molecule has 1 aliphatic carbocycles. The Morgan fingerprint density at radius 2 is 2.21 bits per heavy atom. The highest BCUT2D eigenvalue weighted by Crippen LogP contribution is 2.28. The molecule has 0 amide bonds. The van der Waals surface area contributed by atoms with Gasteiger partial charge in [0.05, 0.1) is 6.61 Å². The molecule has 84 valence electrons. The second kappa shape index (κ2) is 8.57. The first-order chi connectivity index (χ1) is 6.93. The minimum atomic E-state index is 0.886. The van der Waals surface area contributed by atoms with Crippen LogP contribution >= 0.6 is 11.8 Å². The summed E-state index contributed by atoms with van der Waals surface area (Å²) in [6.07, 6.45) is 4.06. The van der Waals surface area contributed by atoms with Crippen molar-refractivity contribution in [2.24, 2.45) is 5.92 Å². The summed E-state index contributed by atoms with van der Waals surface area (Å²) in [6, 6.07) is 0. The zero-order chi connectivity index (χ0) is 10.1. The van der Waals surface area contributed by atoms with Gasteiger partial charge in [0.15, 0.2) is 0 Å². The van der Waals surface area contributed by atoms with E-state index in [0.717, 1.165) is 32.2 Å². The van der Waals surface area contributed by atoms with Crippen molar-refractivity contribution in [1.82, 2.24) is 5.32 Å². The minimum Gasteiger partial charge on any atom is -0.380 e. The quantitative estimate of drug-likeness (QED) is 0.567. The molecule has 1 N–H and O–H groups in total. The predicted octanol–water partition coefficient (Wildman–Crippen LogP) is 2.15. The molecule has 0 aromatic heterocycles. The standard InChI is InChI=1S/C11H23NOS/c1-2-14-9-3-6-12-7-8-13-10-11-4-5-11/h11-12H,2-10H2,1H3. The molecule has 2 nitrogen and oxygen atoms in total. The molecule has 1 aliphatic rings. The van der Waals surface area contributed by atoms with Crippen LogP contribution in [-0.2, 0) is 4.74 Å². The molecule has 3 heteroatoms. The molecule has 0 radical (unpaired) electrons. The molecule has 0 bridgehead atoms. The number of hydrogen-bond donors (Lipinski definition) is 1. The van der Waals surface area contributed by atoms with Crippen LogP contribution in [0.2, 0.25) is 0 Å². The summed E-state index contributed by atoms with van der Waals surface area (Å²) >= 11 is 2.02. The third kappa shape index (κ3) is 7.65. The highest BCUT2D eigenvalue weighted by Gasteiger charge is 2.20. The van der Waals surface area contributed by atoms with E-state index in [0.29, 0.717) is 0 Å². The summed E-state index contributed by atoms with van der Waals surface area (Å²) in [4.78, 5) is 0. The van der Waals surface area contributed by atoms with Crippen molar-refractivity contribution in [3.05, 3.63) is 0 Å². The van der Waals surface area contributed by atoms with Gasteiger partial charge in [-0.3, -0.25) is 0 Å². The summed E-state index contributed by atoms with van der Waals surface area (Å²) in [5, 5.41) is 3.40. The molecule has 1 rings (SSSR count). The lowest BCUT2D eigenvalue weighted by Crippen LogP contribution is -2.21. The Bertz CT molecular complexity index is 128. The van der Waals surface area contributed by atoms with Crippen molar-refractivity contribution in [3.8, 4) is 0 Å². The van der Waals surface area contributed by atoms with Crippen LogP contribution < -0.4 is 5.32 Å². The Hall–Kier alpha value is 0.270. The van der Waals surface area contributed by atoms with Crippen molar-refractivity contribution in [1.29, 1.82) is 0 Å². The number of ether oxygens (including phenoxy) is 1. The Morgan fingerprint density at radius 1 is 1.36 bits per heavy atom. The molecule has 1 saturated carbocycles. The van der Waals surface area contributed by atoms with Crippen molar-refractivity contribution >= 4 is 11.8 Å². The first kappa shape index (κ1) is 12.3. The van der Waals surface area contributed by atoms with E-state index in [4.69, 9.17) is 4.74 Å². The Morgan fingerprint density at radius 3 is 2.93 bits per heavy atom. The fraction of sp³-hybridized carbons (Fsp3) is 1.00. The van der Waals surface area contributed by atoms with Gasteiger partial charge in [-0.2, -0.15) is 11.8 Å². The molecule has 0 aromatic rings. The third-order valence-electron chi connectivity index (χ3n) is 2.32. The average Bonchev–Trinajstić information content (AvgIpc) is 2.99. The summed E-state index contributed by atoms with van der Waals surface area (Å²) in [5.74, 6) is 3.42. The number of thioether (sulfide) groups is 1. The summed E-state index contributed by atoms with van der Waals surface area (Å²) < 4.78 is 5.52. The van der Waals surface area contributed by atoms with E-state index in [1.807, 2.05) is 11.8 Å². The van der Waals surface area contributed by atoms with Crippen LogP contribution in [0.5, 0.6) is 0 Å². The third-order valence-corrected chi connectivity index (χ3v) is 3.31. The first-order valence-corrected chi connectivity index (χ1v) is 6.95. The number of hydrogen-bond acceptors (Lipinski definition) is 3. The molecule has 1 fully saturated rings. The molecule has 14 heavy (non-hydrogen) atoms. The number of nitrogens with one attached hydrogen (secondary N) is 1. The van der Waals surface area contributed by atoms with Gasteiger partial charge in [0.25, 0.3) is 0 Å². The minimum absolute atomic E-state index is 0.886. The summed E-state index contributed by atoms with van der Waals surface area (Å²) in [7, 11) is 0. The molecular formula is C11H23NOS. The maximum Gasteiger partial charge on any atom is 0.0591 e. The molecule has 0 unspecified atom stereocenters. The second-order valence-electron chi connectivity index (χ2n) is 3.82. The lowest BCUT2D eigenvalue weighted by Gasteiger charge is -2.05. The SMILES string of the molecule is CCSCCCNCCOCC1CC1. The van der Waals surface area contributed by atoms with E-state index in [9.17, 15) is 0 Å². The van der Waals surface area contributed by atoms with Gasteiger partial charge < -0.3 is 10.1 Å². The van der Waals surface area contributed by atoms with E-state index in [1.54, 1.807) is 0 Å². The molecule has 0 atom stereocenters. The van der Waals surface area contributed by atoms with Gasteiger partial charge in [-0.05, 0) is 43.2 Å². The monoisotopic (exact) mass is 217 g/mol. The smallest absolute Gasteiger partial charge is 0.0591 e. The first-order valence-electron chi connectivity index (χ1n) is 5.79. The Labute approximate surface area is 92.2 Å². The molecule has 0 aliphatic heterocycles. The van der Waals surface area contributed by atoms with Crippen LogP contribution in [0, 0.1) is 5.92 Å². The average molecular weight is 217 g/mol. The van der Waals surface area contributed by atoms with Crippen molar-refractivity contribution < 1.29 is 4.74 Å². The zero-order valence-corrected chi connectivity index (χ0v) is 10.1. The lowest BCUT2D eigenvalue weighted by molar-refractivity contribution is 0.126. The Kier molecular flexibility index (Phi) is 7.55. The van der Waals surface area contributed by atoms with E-state index in [-0.39, 0.29) is 0 Å². The largest absolute Gasteiger partial charge is 0.380 e. The van der Waals surface area contributed by atoms with Crippen molar-refractivity contribution in [2.45, 2.75) is 26.2 Å². The van der Waals surface area contributed by atoms with Gasteiger partial charge >= 0.3 is 0 Å².